The van der Waals surface area contributed by atoms with Crippen molar-refractivity contribution in [2.75, 3.05) is 9.80 Å². The van der Waals surface area contributed by atoms with E-state index in [1.54, 1.807) is 50.9 Å². The number of hydrogen-bond acceptors (Lipinski definition) is 3. The minimum absolute atomic E-state index is 0.196. The van der Waals surface area contributed by atoms with Gasteiger partial charge in [-0.2, -0.15) is 9.80 Å². The Kier molecular flexibility index (Phi) is 2.24. The van der Waals surface area contributed by atoms with Gasteiger partial charge in [-0.05, 0) is 30.3 Å². The van der Waals surface area contributed by atoms with E-state index >= 15 is 0 Å². The van der Waals surface area contributed by atoms with E-state index in [1.807, 2.05) is 36.4 Å². The highest BCUT2D eigenvalue weighted by molar-refractivity contribution is 6.18. The minimum atomic E-state index is -1.39. The quantitative estimate of drug-likeness (QED) is 0.589. The molecule has 6 nitrogen and oxygen atoms in total. The maximum Gasteiger partial charge on any atom is 0.510 e. The molecule has 1 unspecified atom stereocenters. The summed E-state index contributed by atoms with van der Waals surface area (Å²) in [7, 11) is 0. The van der Waals surface area contributed by atoms with Crippen LogP contribution in [0.5, 0.6) is 5.75 Å². The Bertz CT molecular complexity index is 1140. The van der Waals surface area contributed by atoms with Crippen LogP contribution >= 0.6 is 0 Å². The summed E-state index contributed by atoms with van der Waals surface area (Å²) in [6.07, 6.45) is 1.77. The molecule has 0 saturated carbocycles. The van der Waals surface area contributed by atoms with E-state index < -0.39 is 5.97 Å². The molecule has 2 amide bonds. The molecule has 6 heteroatoms. The molecule has 2 aromatic carbocycles. The second kappa shape index (κ2) is 4.29. The van der Waals surface area contributed by atoms with Crippen molar-refractivity contribution in [3.05, 3.63) is 84.2 Å². The van der Waals surface area contributed by atoms with E-state index in [4.69, 9.17) is 4.74 Å². The SMILES string of the molecule is O=C1c2ccccc2OC23N1c1ccccc1N2C(=O)c1cccc[n+]13. The van der Waals surface area contributed by atoms with Crippen LogP contribution in [0.4, 0.5) is 11.4 Å². The van der Waals surface area contributed by atoms with Gasteiger partial charge in [0.2, 0.25) is 0 Å². The Hall–Kier alpha value is -3.67. The number of carbonyl (C=O) groups excluding carboxylic acids is 2. The van der Waals surface area contributed by atoms with E-state index in [1.165, 1.54) is 0 Å². The highest BCUT2D eigenvalue weighted by Crippen LogP contribution is 2.52. The summed E-state index contributed by atoms with van der Waals surface area (Å²) in [5.74, 6) is -1.32. The number of carbonyl (C=O) groups is 2. The molecular weight excluding hydrogens is 330 g/mol. The Morgan fingerprint density at radius 3 is 2.23 bits per heavy atom. The van der Waals surface area contributed by atoms with Gasteiger partial charge in [-0.15, -0.1) is 4.57 Å². The van der Waals surface area contributed by atoms with Crippen LogP contribution in [0.3, 0.4) is 0 Å². The van der Waals surface area contributed by atoms with Gasteiger partial charge in [0.05, 0.1) is 16.9 Å². The van der Waals surface area contributed by atoms with E-state index in [0.29, 0.717) is 28.4 Å². The first-order valence-electron chi connectivity index (χ1n) is 8.31. The molecule has 3 aromatic rings. The highest BCUT2D eigenvalue weighted by Gasteiger charge is 2.73. The maximum atomic E-state index is 13.4. The number of amides is 2. The molecule has 3 aliphatic rings. The summed E-state index contributed by atoms with van der Waals surface area (Å²) in [4.78, 5) is 29.7. The summed E-state index contributed by atoms with van der Waals surface area (Å²) < 4.78 is 8.12. The molecule has 1 aromatic heterocycles. The van der Waals surface area contributed by atoms with Gasteiger partial charge >= 0.3 is 11.9 Å². The number of benzene rings is 2. The lowest BCUT2D eigenvalue weighted by atomic mass is 10.1. The monoisotopic (exact) mass is 342 g/mol. The molecule has 0 N–H and O–H groups in total. The second-order valence-corrected chi connectivity index (χ2v) is 6.40. The van der Waals surface area contributed by atoms with Crippen LogP contribution in [0.15, 0.2) is 72.9 Å². The zero-order valence-corrected chi connectivity index (χ0v) is 13.5. The molecule has 0 bridgehead atoms. The third-order valence-electron chi connectivity index (χ3n) is 5.11. The van der Waals surface area contributed by atoms with Gasteiger partial charge in [0, 0.05) is 12.1 Å². The number of para-hydroxylation sites is 3. The third-order valence-corrected chi connectivity index (χ3v) is 5.11. The molecule has 1 spiro atoms. The second-order valence-electron chi connectivity index (χ2n) is 6.40. The number of ether oxygens (including phenoxy) is 1. The zero-order chi connectivity index (χ0) is 17.5. The first kappa shape index (κ1) is 13.6. The number of aromatic nitrogens is 1. The van der Waals surface area contributed by atoms with Gasteiger partial charge in [0.15, 0.2) is 6.20 Å². The average Bonchev–Trinajstić information content (AvgIpc) is 3.10. The fraction of sp³-hybridized carbons (Fsp3) is 0.0500. The predicted molar refractivity (Wildman–Crippen MR) is 91.7 cm³/mol. The number of anilines is 2. The molecule has 0 fully saturated rings. The van der Waals surface area contributed by atoms with E-state index in [0.717, 1.165) is 0 Å². The Morgan fingerprint density at radius 1 is 0.769 bits per heavy atom. The van der Waals surface area contributed by atoms with Crippen molar-refractivity contribution in [2.45, 2.75) is 5.97 Å². The summed E-state index contributed by atoms with van der Waals surface area (Å²) >= 11 is 0. The van der Waals surface area contributed by atoms with Gasteiger partial charge in [0.25, 0.3) is 11.6 Å². The average molecular weight is 342 g/mol. The van der Waals surface area contributed by atoms with Crippen LogP contribution in [0, 0.1) is 0 Å². The van der Waals surface area contributed by atoms with E-state index in [2.05, 4.69) is 0 Å². The molecule has 26 heavy (non-hydrogen) atoms. The zero-order valence-electron chi connectivity index (χ0n) is 13.5. The lowest BCUT2D eigenvalue weighted by molar-refractivity contribution is -0.788. The van der Waals surface area contributed by atoms with Crippen molar-refractivity contribution in [1.29, 1.82) is 0 Å². The third kappa shape index (κ3) is 1.30. The molecule has 124 valence electrons. The number of hydrogen-bond donors (Lipinski definition) is 0. The van der Waals surface area contributed by atoms with Crippen molar-refractivity contribution >= 4 is 23.2 Å². The Balaban J connectivity index is 1.75. The van der Waals surface area contributed by atoms with Gasteiger partial charge in [-0.25, -0.2) is 0 Å². The molecule has 0 saturated heterocycles. The van der Waals surface area contributed by atoms with Crippen molar-refractivity contribution in [3.8, 4) is 5.75 Å². The van der Waals surface area contributed by atoms with Crippen LogP contribution in [0.1, 0.15) is 20.8 Å². The largest absolute Gasteiger partial charge is 0.510 e. The molecule has 0 radical (unpaired) electrons. The van der Waals surface area contributed by atoms with Crippen molar-refractivity contribution in [3.63, 3.8) is 0 Å². The van der Waals surface area contributed by atoms with Crippen molar-refractivity contribution in [2.24, 2.45) is 0 Å². The topological polar surface area (TPSA) is 53.7 Å². The van der Waals surface area contributed by atoms with Gasteiger partial charge < -0.3 is 4.74 Å². The minimum Gasteiger partial charge on any atom is -0.395 e. The summed E-state index contributed by atoms with van der Waals surface area (Å²) in [6.45, 7) is 0. The van der Waals surface area contributed by atoms with Gasteiger partial charge in [-0.1, -0.05) is 24.3 Å². The Labute approximate surface area is 148 Å². The van der Waals surface area contributed by atoms with Crippen molar-refractivity contribution in [1.82, 2.24) is 0 Å². The number of pyridine rings is 1. The smallest absolute Gasteiger partial charge is 0.395 e. The molecule has 3 aliphatic heterocycles. The molecule has 4 heterocycles. The van der Waals surface area contributed by atoms with Crippen LogP contribution in [0.2, 0.25) is 0 Å². The van der Waals surface area contributed by atoms with Crippen LogP contribution in [-0.2, 0) is 5.97 Å². The first-order chi connectivity index (χ1) is 12.7. The normalized spacial score (nSPS) is 21.5. The highest BCUT2D eigenvalue weighted by atomic mass is 16.6. The number of rotatable bonds is 0. The predicted octanol–water partition coefficient (Wildman–Crippen LogP) is 2.26. The van der Waals surface area contributed by atoms with E-state index in [-0.39, 0.29) is 11.8 Å². The fourth-order valence-electron chi connectivity index (χ4n) is 4.08. The van der Waals surface area contributed by atoms with E-state index in [9.17, 15) is 9.59 Å². The van der Waals surface area contributed by atoms with Crippen molar-refractivity contribution < 1.29 is 18.9 Å². The van der Waals surface area contributed by atoms with Crippen LogP contribution in [0.25, 0.3) is 0 Å². The van der Waals surface area contributed by atoms with Gasteiger partial charge in [0.1, 0.15) is 5.75 Å². The lowest BCUT2D eigenvalue weighted by Crippen LogP contribution is -2.74. The molecule has 1 atom stereocenters. The summed E-state index contributed by atoms with van der Waals surface area (Å²) in [5, 5.41) is 0. The summed E-state index contributed by atoms with van der Waals surface area (Å²) in [6, 6.07) is 19.9. The standard InChI is InChI=1S/C20H12N3O3/c24-18-13-7-1-4-11-17(13)26-20-21-12-6-5-10-16(21)19(25)23(20)15-9-3-2-8-14(15)22(18)20/h1-12H/q+1. The lowest BCUT2D eigenvalue weighted by Gasteiger charge is -2.36. The Morgan fingerprint density at radius 2 is 1.42 bits per heavy atom. The number of fused-ring (bicyclic) bond motifs is 5. The molecule has 6 rings (SSSR count). The van der Waals surface area contributed by atoms with Gasteiger partial charge in [-0.3, -0.25) is 9.59 Å². The first-order valence-corrected chi connectivity index (χ1v) is 8.31. The maximum absolute atomic E-state index is 13.4. The molecular formula is C20H12N3O3+. The fourth-order valence-corrected chi connectivity index (χ4v) is 4.08. The number of nitrogens with zero attached hydrogens (tertiary/aromatic N) is 3. The molecule has 0 aliphatic carbocycles. The van der Waals surface area contributed by atoms with Crippen LogP contribution < -0.4 is 19.1 Å². The summed E-state index contributed by atoms with van der Waals surface area (Å²) in [5.41, 5.74) is 2.26. The van der Waals surface area contributed by atoms with Crippen LogP contribution in [-0.4, -0.2) is 11.8 Å².